The highest BCUT2D eigenvalue weighted by Gasteiger charge is 2.51. The second-order valence-corrected chi connectivity index (χ2v) is 22.9. The summed E-state index contributed by atoms with van der Waals surface area (Å²) in [5.74, 6) is 0.807. The van der Waals surface area contributed by atoms with Crippen LogP contribution in [-0.2, 0) is 63.2 Å². The van der Waals surface area contributed by atoms with Crippen molar-refractivity contribution >= 4 is 77.1 Å². The molecule has 1 fully saturated rings. The van der Waals surface area contributed by atoms with Gasteiger partial charge in [0.25, 0.3) is 11.8 Å². The monoisotopic (exact) mass is 1140 g/mol. The minimum Gasteiger partial charge on any atom is -0.370 e. The number of carbonyl (C=O) groups is 9. The van der Waals surface area contributed by atoms with Crippen molar-refractivity contribution in [3.63, 3.8) is 0 Å². The second-order valence-electron chi connectivity index (χ2n) is 21.3. The molecule has 8 N–H and O–H groups in total. The van der Waals surface area contributed by atoms with E-state index in [-0.39, 0.29) is 98.4 Å². The molecule has 0 radical (unpaired) electrons. The predicted octanol–water partition coefficient (Wildman–Crippen LogP) is 6.39. The van der Waals surface area contributed by atoms with Gasteiger partial charge in [-0.1, -0.05) is 98.2 Å². The van der Waals surface area contributed by atoms with Gasteiger partial charge in [-0.3, -0.25) is 57.9 Å². The second kappa shape index (κ2) is 24.9. The Balaban J connectivity index is 0.799. The standard InChI is InChI=1S/C60H62F2N7O12P/c61-60(62,82(79,80)81)39-23-25-45-42(31-39)43(33-64-45)55(74)66-47-24-22-37-18-12-19-38-30-49(69(54(37)38)59(47)78)57(76)65-46(26-28-52(63)72)51(71)32-41(35-14-9-7-10-15-35)50(70)21-11-6-4-2-1-3-5-8-16-36-17-13-20-40-44(36)34-68(58(40)77)48-27-29-53(73)67-56(48)75/h7,9-10,12-15,17-20,23,25,31,33,41,46-49,64H,1-6,11,21-22,24,26-30,32,34H2,(H2,63,72)(H,65,76)(H,66,74)(H,67,73,75)(H2,79,80,81)/t41-,46-,47-,48?,49-/m0/s1. The van der Waals surface area contributed by atoms with Crippen LogP contribution in [0.2, 0.25) is 0 Å². The van der Waals surface area contributed by atoms with Crippen molar-refractivity contribution in [2.75, 3.05) is 4.90 Å². The highest BCUT2D eigenvalue weighted by Crippen LogP contribution is 2.59. The van der Waals surface area contributed by atoms with Gasteiger partial charge in [-0.2, -0.15) is 8.78 Å². The van der Waals surface area contributed by atoms with E-state index in [4.69, 9.17) is 5.73 Å². The minimum atomic E-state index is -5.94. The fourth-order valence-corrected chi connectivity index (χ4v) is 11.9. The van der Waals surface area contributed by atoms with Gasteiger partial charge in [0.1, 0.15) is 23.9 Å². The normalized spacial score (nSPS) is 18.4. The zero-order valence-electron chi connectivity index (χ0n) is 44.7. The van der Waals surface area contributed by atoms with Crippen LogP contribution in [0.15, 0.2) is 91.1 Å². The van der Waals surface area contributed by atoms with Gasteiger partial charge < -0.3 is 36.0 Å². The van der Waals surface area contributed by atoms with E-state index in [9.17, 15) is 66.3 Å². The van der Waals surface area contributed by atoms with Gasteiger partial charge in [-0.25, -0.2) is 0 Å². The number of imide groups is 1. The van der Waals surface area contributed by atoms with Gasteiger partial charge in [-0.05, 0) is 85.0 Å². The third-order valence-corrected chi connectivity index (χ3v) is 16.8. The van der Waals surface area contributed by atoms with E-state index in [2.05, 4.69) is 32.8 Å². The number of aryl methyl sites for hydroxylation is 1. The van der Waals surface area contributed by atoms with Crippen LogP contribution < -0.4 is 26.6 Å². The number of Topliss-reactive ketones (excluding diaryl/α,β-unsaturated/α-hetero) is 2. The number of aromatic amines is 1. The Morgan fingerprint density at radius 2 is 1.57 bits per heavy atom. The number of halogens is 2. The summed E-state index contributed by atoms with van der Waals surface area (Å²) in [5, 5.41) is 7.70. The van der Waals surface area contributed by atoms with Crippen LogP contribution in [0.4, 0.5) is 14.5 Å². The summed E-state index contributed by atoms with van der Waals surface area (Å²) in [5.41, 5.74) is 4.43. The molecule has 0 aliphatic carbocycles. The first-order valence-electron chi connectivity index (χ1n) is 27.5. The summed E-state index contributed by atoms with van der Waals surface area (Å²) in [7, 11) is -5.94. The summed E-state index contributed by atoms with van der Waals surface area (Å²) >= 11 is 0. The summed E-state index contributed by atoms with van der Waals surface area (Å²) < 4.78 is 41.2. The lowest BCUT2D eigenvalue weighted by Crippen LogP contribution is -2.56. The number of aromatic nitrogens is 1. The van der Waals surface area contributed by atoms with E-state index in [0.717, 1.165) is 61.4 Å². The molecule has 5 heterocycles. The van der Waals surface area contributed by atoms with Gasteiger partial charge in [0.15, 0.2) is 5.78 Å². The van der Waals surface area contributed by atoms with Crippen LogP contribution >= 0.6 is 7.60 Å². The highest BCUT2D eigenvalue weighted by molar-refractivity contribution is 7.52. The zero-order chi connectivity index (χ0) is 58.5. The number of primary amides is 1. The number of anilines is 1. The fourth-order valence-electron chi connectivity index (χ4n) is 11.4. The number of amides is 7. The molecule has 428 valence electrons. The Labute approximate surface area is 470 Å². The Kier molecular flexibility index (Phi) is 17.8. The number of fused-ring (bicyclic) bond motifs is 2. The highest BCUT2D eigenvalue weighted by atomic mass is 31.2. The molecule has 1 unspecified atom stereocenters. The molecular weight excluding hydrogens is 1080 g/mol. The number of para-hydroxylation sites is 1. The minimum absolute atomic E-state index is 0.0339. The van der Waals surface area contributed by atoms with E-state index >= 15 is 0 Å². The lowest BCUT2D eigenvalue weighted by Gasteiger charge is -2.29. The number of carbonyl (C=O) groups excluding carboxylic acids is 9. The van der Waals surface area contributed by atoms with Crippen LogP contribution in [0.1, 0.15) is 150 Å². The van der Waals surface area contributed by atoms with Crippen molar-refractivity contribution in [1.29, 1.82) is 0 Å². The van der Waals surface area contributed by atoms with Crippen LogP contribution in [-0.4, -0.2) is 96.8 Å². The molecular formula is C60H62F2N7O12P. The summed E-state index contributed by atoms with van der Waals surface area (Å²) in [4.78, 5) is 145. The number of ketones is 2. The average Bonchev–Trinajstić information content (AvgIpc) is 3.26. The molecule has 82 heavy (non-hydrogen) atoms. The fraction of sp³-hybridized carbons (Fsp3) is 0.383. The van der Waals surface area contributed by atoms with Gasteiger partial charge >= 0.3 is 13.3 Å². The van der Waals surface area contributed by atoms with Gasteiger partial charge in [-0.15, -0.1) is 0 Å². The van der Waals surface area contributed by atoms with E-state index in [0.29, 0.717) is 40.8 Å². The van der Waals surface area contributed by atoms with Crippen molar-refractivity contribution in [2.45, 2.75) is 145 Å². The lowest BCUT2D eigenvalue weighted by atomic mass is 9.85. The maximum absolute atomic E-state index is 14.8. The maximum atomic E-state index is 14.8. The predicted molar refractivity (Wildman–Crippen MR) is 296 cm³/mol. The smallest absolute Gasteiger partial charge is 0.370 e. The number of rotatable bonds is 23. The number of nitrogens with one attached hydrogen (secondary N) is 4. The first kappa shape index (κ1) is 58.5. The molecule has 4 aromatic carbocycles. The molecule has 1 saturated heterocycles. The molecule has 0 spiro atoms. The third kappa shape index (κ3) is 12.6. The number of nitrogens with zero attached hydrogens (tertiary/aromatic N) is 2. The SMILES string of the molecule is NC(=O)CC[C@H](NC(=O)[C@@H]1Cc2cccc3c2N1C(=O)[C@@H](NC(=O)c1c[nH]c2ccc(C(F)(F)P(=O)(O)O)cc12)CC3)C(=O)C[C@H](C(=O)CCCCCCCCC#Cc1cccc2c1CN(C1CCC(=O)NC1=O)C2=O)c1ccccc1. The molecule has 9 rings (SSSR count). The van der Waals surface area contributed by atoms with Crippen molar-refractivity contribution < 1.29 is 66.3 Å². The molecule has 5 aromatic rings. The molecule has 5 atom stereocenters. The summed E-state index contributed by atoms with van der Waals surface area (Å²) in [6.45, 7) is 0.245. The molecule has 22 heteroatoms. The molecule has 19 nitrogen and oxygen atoms in total. The van der Waals surface area contributed by atoms with Crippen LogP contribution in [0.5, 0.6) is 0 Å². The van der Waals surface area contributed by atoms with Crippen molar-refractivity contribution in [2.24, 2.45) is 5.73 Å². The largest absolute Gasteiger partial charge is 0.399 e. The van der Waals surface area contributed by atoms with Crippen molar-refractivity contribution in [3.05, 3.63) is 136 Å². The van der Waals surface area contributed by atoms with Gasteiger partial charge in [0.2, 0.25) is 29.5 Å². The van der Waals surface area contributed by atoms with Gasteiger partial charge in [0.05, 0.1) is 17.3 Å². The maximum Gasteiger partial charge on any atom is 0.399 e. The number of benzene rings is 4. The zero-order valence-corrected chi connectivity index (χ0v) is 45.6. The van der Waals surface area contributed by atoms with Crippen LogP contribution in [0.3, 0.4) is 0 Å². The number of unbranched alkanes of at least 4 members (excludes halogenated alkanes) is 6. The first-order valence-corrected chi connectivity index (χ1v) is 29.1. The molecule has 0 bridgehead atoms. The summed E-state index contributed by atoms with van der Waals surface area (Å²) in [6.07, 6.45) is 6.94. The van der Waals surface area contributed by atoms with E-state index < -0.39 is 84.2 Å². The Morgan fingerprint density at radius 1 is 0.841 bits per heavy atom. The van der Waals surface area contributed by atoms with Crippen molar-refractivity contribution in [1.82, 2.24) is 25.8 Å². The van der Waals surface area contributed by atoms with E-state index in [1.807, 2.05) is 6.07 Å². The Morgan fingerprint density at radius 3 is 2.32 bits per heavy atom. The Hall–Kier alpha value is -8.18. The van der Waals surface area contributed by atoms with E-state index in [1.165, 1.54) is 16.0 Å². The van der Waals surface area contributed by atoms with E-state index in [1.54, 1.807) is 60.7 Å². The van der Waals surface area contributed by atoms with Crippen LogP contribution in [0.25, 0.3) is 10.9 Å². The lowest BCUT2D eigenvalue weighted by molar-refractivity contribution is -0.137. The quantitative estimate of drug-likeness (QED) is 0.0162. The van der Waals surface area contributed by atoms with Crippen molar-refractivity contribution in [3.8, 4) is 11.8 Å². The number of hydrogen-bond donors (Lipinski definition) is 7. The molecule has 4 aliphatic rings. The number of nitrogens with two attached hydrogens (primary N) is 1. The number of H-pyrrole nitrogens is 1. The molecule has 4 aliphatic heterocycles. The number of piperidine rings is 1. The first-order chi connectivity index (χ1) is 39.2. The third-order valence-electron chi connectivity index (χ3n) is 15.8. The molecule has 7 amide bonds. The van der Waals surface area contributed by atoms with Gasteiger partial charge in [0, 0.05) is 84.8 Å². The Bertz CT molecular complexity index is 3500. The topological polar surface area (TPSA) is 296 Å². The average molecular weight is 1140 g/mol. The number of hydrogen-bond acceptors (Lipinski definition) is 10. The molecule has 0 saturated carbocycles. The molecule has 1 aromatic heterocycles. The number of alkyl halides is 2. The summed E-state index contributed by atoms with van der Waals surface area (Å²) in [6, 6.07) is 17.8. The van der Waals surface area contributed by atoms with Crippen LogP contribution in [0, 0.1) is 11.8 Å².